The molecule has 2 heterocycles. The van der Waals surface area contributed by atoms with Gasteiger partial charge in [-0.3, -0.25) is 4.99 Å². The number of aromatic nitrogens is 1. The van der Waals surface area contributed by atoms with Crippen LogP contribution in [0.1, 0.15) is 6.92 Å². The smallest absolute Gasteiger partial charge is 0.250 e. The van der Waals surface area contributed by atoms with Gasteiger partial charge in [-0.2, -0.15) is 0 Å². The minimum Gasteiger partial charge on any atom is -0.357 e. The van der Waals surface area contributed by atoms with Crippen LogP contribution in [0.25, 0.3) is 0 Å². The summed E-state index contributed by atoms with van der Waals surface area (Å²) in [5.74, 6) is 0.660. The zero-order valence-corrected chi connectivity index (χ0v) is 19.0. The number of rotatable bonds is 9. The number of halogens is 2. The molecule has 26 heavy (non-hydrogen) atoms. The molecule has 3 N–H and O–H groups in total. The van der Waals surface area contributed by atoms with Gasteiger partial charge in [-0.25, -0.2) is 13.1 Å². The van der Waals surface area contributed by atoms with Crippen LogP contribution in [0.15, 0.2) is 45.9 Å². The van der Waals surface area contributed by atoms with Crippen molar-refractivity contribution in [3.63, 3.8) is 0 Å². The third-order valence-electron chi connectivity index (χ3n) is 3.16. The van der Waals surface area contributed by atoms with Crippen LogP contribution < -0.4 is 15.4 Å². The highest BCUT2D eigenvalue weighted by Gasteiger charge is 2.15. The zero-order chi connectivity index (χ0) is 18.1. The zero-order valence-electron chi connectivity index (χ0n) is 14.3. The molecule has 146 valence electrons. The lowest BCUT2D eigenvalue weighted by atomic mass is 10.6. The lowest BCUT2D eigenvalue weighted by Gasteiger charge is -2.12. The molecule has 0 aliphatic rings. The SMILES string of the molecule is CCNC(=NCCNS(=O)(=O)c1ccc(Cl)s1)NCCn1cccc1.I. The first-order chi connectivity index (χ1) is 12.0. The Morgan fingerprint density at radius 2 is 1.96 bits per heavy atom. The van der Waals surface area contributed by atoms with Crippen LogP contribution in [-0.2, 0) is 16.6 Å². The van der Waals surface area contributed by atoms with Crippen molar-refractivity contribution >= 4 is 62.9 Å². The lowest BCUT2D eigenvalue weighted by Crippen LogP contribution is -2.39. The van der Waals surface area contributed by atoms with Gasteiger partial charge in [0.1, 0.15) is 4.21 Å². The second-order valence-electron chi connectivity index (χ2n) is 5.06. The fourth-order valence-electron chi connectivity index (χ4n) is 2.03. The number of nitrogens with one attached hydrogen (secondary N) is 3. The Bertz CT molecular complexity index is 778. The quantitative estimate of drug-likeness (QED) is 0.201. The normalized spacial score (nSPS) is 11.8. The van der Waals surface area contributed by atoms with Crippen molar-refractivity contribution in [1.29, 1.82) is 0 Å². The maximum atomic E-state index is 12.1. The lowest BCUT2D eigenvalue weighted by molar-refractivity contribution is 0.584. The second-order valence-corrected chi connectivity index (χ2v) is 8.77. The Labute approximate surface area is 180 Å². The van der Waals surface area contributed by atoms with Crippen molar-refractivity contribution in [2.24, 2.45) is 4.99 Å². The highest BCUT2D eigenvalue weighted by Crippen LogP contribution is 2.25. The minimum absolute atomic E-state index is 0. The van der Waals surface area contributed by atoms with Crippen molar-refractivity contribution in [1.82, 2.24) is 19.9 Å². The molecule has 11 heteroatoms. The molecule has 0 radical (unpaired) electrons. The second kappa shape index (κ2) is 11.8. The molecule has 0 aromatic carbocycles. The van der Waals surface area contributed by atoms with Crippen LogP contribution in [0.2, 0.25) is 4.34 Å². The van der Waals surface area contributed by atoms with Gasteiger partial charge in [0.2, 0.25) is 10.0 Å². The molecule has 0 amide bonds. The largest absolute Gasteiger partial charge is 0.357 e. The molecule has 0 fully saturated rings. The Balaban J connectivity index is 0.00000338. The molecule has 2 rings (SSSR count). The summed E-state index contributed by atoms with van der Waals surface area (Å²) in [6.07, 6.45) is 3.99. The van der Waals surface area contributed by atoms with Crippen LogP contribution in [0.5, 0.6) is 0 Å². The highest BCUT2D eigenvalue weighted by molar-refractivity contribution is 14.0. The number of guanidine groups is 1. The van der Waals surface area contributed by atoms with E-state index in [1.165, 1.54) is 6.07 Å². The molecule has 0 atom stereocenters. The molecule has 0 aliphatic carbocycles. The summed E-state index contributed by atoms with van der Waals surface area (Å²) in [5.41, 5.74) is 0. The minimum atomic E-state index is -3.53. The van der Waals surface area contributed by atoms with Crippen molar-refractivity contribution in [3.05, 3.63) is 41.0 Å². The topological polar surface area (TPSA) is 87.5 Å². The first kappa shape index (κ1) is 23.2. The fraction of sp³-hybridized carbons (Fsp3) is 0.400. The summed E-state index contributed by atoms with van der Waals surface area (Å²) in [5, 5.41) is 6.35. The molecular weight excluding hydrogens is 509 g/mol. The number of hydrogen-bond acceptors (Lipinski definition) is 4. The standard InChI is InChI=1S/C15H22ClN5O2S2.HI/c1-2-17-15(19-9-12-21-10-3-4-11-21)18-7-8-20-25(22,23)14-6-5-13(16)24-14;/h3-6,10-11,20H,2,7-9,12H2,1H3,(H2,17,18,19);1H. The molecule has 2 aromatic heterocycles. The van der Waals surface area contributed by atoms with Gasteiger partial charge in [0.15, 0.2) is 5.96 Å². The number of sulfonamides is 1. The molecule has 0 saturated heterocycles. The predicted molar refractivity (Wildman–Crippen MR) is 118 cm³/mol. The maximum absolute atomic E-state index is 12.1. The van der Waals surface area contributed by atoms with Crippen molar-refractivity contribution in [2.75, 3.05) is 26.2 Å². The fourth-order valence-corrected chi connectivity index (χ4v) is 4.57. The van der Waals surface area contributed by atoms with E-state index < -0.39 is 10.0 Å². The summed E-state index contributed by atoms with van der Waals surface area (Å²) in [6.45, 7) is 4.80. The van der Waals surface area contributed by atoms with Gasteiger partial charge in [0, 0.05) is 38.6 Å². The highest BCUT2D eigenvalue weighted by atomic mass is 127. The van der Waals surface area contributed by atoms with E-state index in [1.54, 1.807) is 6.07 Å². The third kappa shape index (κ3) is 7.82. The number of aliphatic imine (C=N–C) groups is 1. The molecule has 0 spiro atoms. The van der Waals surface area contributed by atoms with Crippen molar-refractivity contribution in [2.45, 2.75) is 17.7 Å². The number of nitrogens with zero attached hydrogens (tertiary/aromatic N) is 2. The Morgan fingerprint density at radius 3 is 2.58 bits per heavy atom. The van der Waals surface area contributed by atoms with E-state index in [9.17, 15) is 8.42 Å². The Kier molecular flexibility index (Phi) is 10.5. The molecule has 0 unspecified atom stereocenters. The summed E-state index contributed by atoms with van der Waals surface area (Å²) in [4.78, 5) is 4.37. The molecular formula is C15H23ClIN5O2S2. The van der Waals surface area contributed by atoms with Crippen LogP contribution in [0, 0.1) is 0 Å². The van der Waals surface area contributed by atoms with E-state index in [0.29, 0.717) is 16.8 Å². The van der Waals surface area contributed by atoms with Gasteiger partial charge >= 0.3 is 0 Å². The summed E-state index contributed by atoms with van der Waals surface area (Å²) in [7, 11) is -3.53. The maximum Gasteiger partial charge on any atom is 0.250 e. The van der Waals surface area contributed by atoms with E-state index in [-0.39, 0.29) is 34.7 Å². The van der Waals surface area contributed by atoms with E-state index >= 15 is 0 Å². The predicted octanol–water partition coefficient (Wildman–Crippen LogP) is 2.35. The van der Waals surface area contributed by atoms with Gasteiger partial charge in [0.05, 0.1) is 10.9 Å². The molecule has 2 aromatic rings. The average molecular weight is 532 g/mol. The first-order valence-electron chi connectivity index (χ1n) is 7.89. The van der Waals surface area contributed by atoms with Crippen LogP contribution in [0.3, 0.4) is 0 Å². The monoisotopic (exact) mass is 531 g/mol. The first-order valence-corrected chi connectivity index (χ1v) is 10.6. The van der Waals surface area contributed by atoms with Gasteiger partial charge in [-0.1, -0.05) is 11.6 Å². The van der Waals surface area contributed by atoms with E-state index in [0.717, 1.165) is 31.0 Å². The van der Waals surface area contributed by atoms with Crippen LogP contribution >= 0.6 is 46.9 Å². The van der Waals surface area contributed by atoms with E-state index in [1.807, 2.05) is 31.5 Å². The van der Waals surface area contributed by atoms with Gasteiger partial charge in [-0.15, -0.1) is 35.3 Å². The van der Waals surface area contributed by atoms with Crippen molar-refractivity contribution < 1.29 is 8.42 Å². The van der Waals surface area contributed by atoms with Gasteiger partial charge < -0.3 is 15.2 Å². The summed E-state index contributed by atoms with van der Waals surface area (Å²) >= 11 is 6.80. The molecule has 0 saturated carbocycles. The summed E-state index contributed by atoms with van der Waals surface area (Å²) in [6, 6.07) is 7.01. The van der Waals surface area contributed by atoms with Gasteiger partial charge in [0.25, 0.3) is 0 Å². The average Bonchev–Trinajstić information content (AvgIpc) is 3.23. The molecule has 0 aliphatic heterocycles. The van der Waals surface area contributed by atoms with Crippen LogP contribution in [0.4, 0.5) is 0 Å². The van der Waals surface area contributed by atoms with Gasteiger partial charge in [-0.05, 0) is 31.2 Å². The third-order valence-corrected chi connectivity index (χ3v) is 6.34. The Morgan fingerprint density at radius 1 is 1.23 bits per heavy atom. The van der Waals surface area contributed by atoms with E-state index in [4.69, 9.17) is 11.6 Å². The number of thiophene rings is 1. The molecule has 7 nitrogen and oxygen atoms in total. The molecule has 0 bridgehead atoms. The van der Waals surface area contributed by atoms with E-state index in [2.05, 4.69) is 24.9 Å². The van der Waals surface area contributed by atoms with Crippen LogP contribution in [-0.4, -0.2) is 45.1 Å². The summed E-state index contributed by atoms with van der Waals surface area (Å²) < 4.78 is 29.4. The Hall–Kier alpha value is -0.820. The van der Waals surface area contributed by atoms with Crippen molar-refractivity contribution in [3.8, 4) is 0 Å². The number of hydrogen-bond donors (Lipinski definition) is 3.